The van der Waals surface area contributed by atoms with Crippen molar-refractivity contribution in [1.29, 1.82) is 0 Å². The molecule has 4 nitrogen and oxygen atoms in total. The highest BCUT2D eigenvalue weighted by Crippen LogP contribution is 2.15. The molecule has 5 heteroatoms. The third-order valence-corrected chi connectivity index (χ3v) is 4.74. The first-order valence-corrected chi connectivity index (χ1v) is 9.46. The van der Waals surface area contributed by atoms with Crippen molar-refractivity contribution in [3.63, 3.8) is 0 Å². The minimum atomic E-state index is 0.728. The molecule has 1 aromatic carbocycles. The molecule has 0 amide bonds. The molecule has 134 valence electrons. The van der Waals surface area contributed by atoms with Gasteiger partial charge >= 0.3 is 0 Å². The molecule has 0 bridgehead atoms. The third-order valence-electron chi connectivity index (χ3n) is 4.51. The van der Waals surface area contributed by atoms with Crippen LogP contribution in [0, 0.1) is 5.92 Å². The Hall–Kier alpha value is -1.26. The van der Waals surface area contributed by atoms with Gasteiger partial charge in [0.2, 0.25) is 0 Å². The fourth-order valence-corrected chi connectivity index (χ4v) is 3.42. The molecular formula is C19H31ClN4. The van der Waals surface area contributed by atoms with Gasteiger partial charge in [0.05, 0.1) is 0 Å². The molecule has 0 aromatic heterocycles. The second-order valence-corrected chi connectivity index (χ2v) is 7.17. The van der Waals surface area contributed by atoms with Crippen LogP contribution in [0.3, 0.4) is 0 Å². The van der Waals surface area contributed by atoms with Gasteiger partial charge in [-0.2, -0.15) is 0 Å². The summed E-state index contributed by atoms with van der Waals surface area (Å²) >= 11 is 6.01. The van der Waals surface area contributed by atoms with Gasteiger partial charge in [0.1, 0.15) is 0 Å². The zero-order chi connectivity index (χ0) is 17.2. The molecule has 1 aliphatic rings. The second-order valence-electron chi connectivity index (χ2n) is 6.74. The van der Waals surface area contributed by atoms with Crippen molar-refractivity contribution in [3.05, 3.63) is 34.9 Å². The summed E-state index contributed by atoms with van der Waals surface area (Å²) in [5.74, 6) is 1.72. The first-order chi connectivity index (χ1) is 11.7. The Kier molecular flexibility index (Phi) is 8.40. The van der Waals surface area contributed by atoms with Gasteiger partial charge in [-0.1, -0.05) is 30.7 Å². The largest absolute Gasteiger partial charge is 0.356 e. The molecule has 24 heavy (non-hydrogen) atoms. The molecule has 0 spiro atoms. The van der Waals surface area contributed by atoms with E-state index in [9.17, 15) is 0 Å². The van der Waals surface area contributed by atoms with Crippen LogP contribution in [0.5, 0.6) is 0 Å². The molecule has 0 saturated carbocycles. The molecule has 1 saturated heterocycles. The fourth-order valence-electron chi connectivity index (χ4n) is 3.21. The van der Waals surface area contributed by atoms with Crippen molar-refractivity contribution in [3.8, 4) is 0 Å². The van der Waals surface area contributed by atoms with E-state index in [2.05, 4.69) is 33.5 Å². The van der Waals surface area contributed by atoms with Crippen LogP contribution in [0.15, 0.2) is 29.3 Å². The number of guanidine groups is 1. The molecular weight excluding hydrogens is 320 g/mol. The standard InChI is InChI=1S/C19H31ClN4/c1-16-7-6-12-24(15-16)11-4-3-10-22-19(21-2)23-14-17-8-5-9-18(20)13-17/h5,8-9,13,16H,3-4,6-7,10-12,14-15H2,1-2H3,(H2,21,22,23). The lowest BCUT2D eigenvalue weighted by atomic mass is 10.0. The minimum absolute atomic E-state index is 0.728. The summed E-state index contributed by atoms with van der Waals surface area (Å²) < 4.78 is 0. The molecule has 2 rings (SSSR count). The summed E-state index contributed by atoms with van der Waals surface area (Å²) in [7, 11) is 1.81. The van der Waals surface area contributed by atoms with Crippen molar-refractivity contribution in [1.82, 2.24) is 15.5 Å². The Morgan fingerprint density at radius 3 is 2.96 bits per heavy atom. The van der Waals surface area contributed by atoms with Crippen molar-refractivity contribution >= 4 is 17.6 Å². The predicted octanol–water partition coefficient (Wildman–Crippen LogP) is 3.52. The van der Waals surface area contributed by atoms with Gasteiger partial charge in [0, 0.05) is 31.7 Å². The zero-order valence-corrected chi connectivity index (χ0v) is 15.8. The number of halogens is 1. The Bertz CT molecular complexity index is 518. The van der Waals surface area contributed by atoms with Crippen molar-refractivity contribution in [2.24, 2.45) is 10.9 Å². The van der Waals surface area contributed by atoms with E-state index in [0.717, 1.165) is 35.6 Å². The zero-order valence-electron chi connectivity index (χ0n) is 15.0. The van der Waals surface area contributed by atoms with E-state index in [4.69, 9.17) is 11.6 Å². The van der Waals surface area contributed by atoms with Gasteiger partial charge < -0.3 is 15.5 Å². The molecule has 1 heterocycles. The van der Waals surface area contributed by atoms with Gasteiger partial charge in [-0.15, -0.1) is 0 Å². The van der Waals surface area contributed by atoms with Gasteiger partial charge in [-0.25, -0.2) is 0 Å². The molecule has 1 fully saturated rings. The van der Waals surface area contributed by atoms with Crippen LogP contribution in [-0.2, 0) is 6.54 Å². The summed E-state index contributed by atoms with van der Waals surface area (Å²) in [6.45, 7) is 7.82. The van der Waals surface area contributed by atoms with E-state index in [1.807, 2.05) is 25.2 Å². The Morgan fingerprint density at radius 1 is 1.33 bits per heavy atom. The van der Waals surface area contributed by atoms with Crippen LogP contribution < -0.4 is 10.6 Å². The highest BCUT2D eigenvalue weighted by atomic mass is 35.5. The molecule has 1 aromatic rings. The van der Waals surface area contributed by atoms with E-state index >= 15 is 0 Å². The van der Waals surface area contributed by atoms with Crippen LogP contribution in [0.25, 0.3) is 0 Å². The van der Waals surface area contributed by atoms with Crippen LogP contribution in [0.4, 0.5) is 0 Å². The number of hydrogen-bond donors (Lipinski definition) is 2. The van der Waals surface area contributed by atoms with Crippen LogP contribution in [0.1, 0.15) is 38.2 Å². The number of hydrogen-bond acceptors (Lipinski definition) is 2. The van der Waals surface area contributed by atoms with Gasteiger partial charge in [0.15, 0.2) is 5.96 Å². The molecule has 0 aliphatic carbocycles. The topological polar surface area (TPSA) is 39.7 Å². The Morgan fingerprint density at radius 2 is 2.21 bits per heavy atom. The maximum absolute atomic E-state index is 6.01. The maximum Gasteiger partial charge on any atom is 0.191 e. The van der Waals surface area contributed by atoms with Gasteiger partial charge in [-0.3, -0.25) is 4.99 Å². The normalized spacial score (nSPS) is 19.3. The fraction of sp³-hybridized carbons (Fsp3) is 0.632. The molecule has 2 N–H and O–H groups in total. The van der Waals surface area contributed by atoms with Crippen molar-refractivity contribution in [2.75, 3.05) is 33.2 Å². The first-order valence-electron chi connectivity index (χ1n) is 9.08. The highest BCUT2D eigenvalue weighted by molar-refractivity contribution is 6.30. The lowest BCUT2D eigenvalue weighted by Crippen LogP contribution is -2.38. The summed E-state index contributed by atoms with van der Waals surface area (Å²) in [6.07, 6.45) is 5.17. The van der Waals surface area contributed by atoms with E-state index in [0.29, 0.717) is 0 Å². The quantitative estimate of drug-likeness (QED) is 0.449. The van der Waals surface area contributed by atoms with E-state index in [-0.39, 0.29) is 0 Å². The Labute approximate surface area is 151 Å². The van der Waals surface area contributed by atoms with E-state index in [1.165, 1.54) is 45.3 Å². The number of rotatable bonds is 7. The molecule has 1 atom stereocenters. The first kappa shape index (κ1) is 19.1. The third kappa shape index (κ3) is 7.10. The minimum Gasteiger partial charge on any atom is -0.356 e. The molecule has 1 unspecified atom stereocenters. The number of likely N-dealkylation sites (tertiary alicyclic amines) is 1. The van der Waals surface area contributed by atoms with Crippen LogP contribution in [-0.4, -0.2) is 44.1 Å². The summed E-state index contributed by atoms with van der Waals surface area (Å²) in [4.78, 5) is 6.89. The van der Waals surface area contributed by atoms with Crippen LogP contribution in [0.2, 0.25) is 5.02 Å². The van der Waals surface area contributed by atoms with E-state index in [1.54, 1.807) is 0 Å². The number of nitrogens with one attached hydrogen (secondary N) is 2. The monoisotopic (exact) mass is 350 g/mol. The average molecular weight is 351 g/mol. The average Bonchev–Trinajstić information content (AvgIpc) is 2.57. The SMILES string of the molecule is CN=C(NCCCCN1CCCC(C)C1)NCc1cccc(Cl)c1. The maximum atomic E-state index is 6.01. The number of nitrogens with zero attached hydrogens (tertiary/aromatic N) is 2. The number of unbranched alkanes of at least 4 members (excludes halogenated alkanes) is 1. The summed E-state index contributed by atoms with van der Waals surface area (Å²) in [5.41, 5.74) is 1.16. The van der Waals surface area contributed by atoms with E-state index < -0.39 is 0 Å². The van der Waals surface area contributed by atoms with Crippen LogP contribution >= 0.6 is 11.6 Å². The van der Waals surface area contributed by atoms with Crippen molar-refractivity contribution < 1.29 is 0 Å². The molecule has 0 radical (unpaired) electrons. The number of piperidine rings is 1. The van der Waals surface area contributed by atoms with Gasteiger partial charge in [-0.05, 0) is 62.4 Å². The Balaban J connectivity index is 1.58. The number of aliphatic imine (C=N–C) groups is 1. The van der Waals surface area contributed by atoms with Crippen molar-refractivity contribution in [2.45, 2.75) is 39.2 Å². The lowest BCUT2D eigenvalue weighted by molar-refractivity contribution is 0.181. The highest BCUT2D eigenvalue weighted by Gasteiger charge is 2.15. The second kappa shape index (κ2) is 10.6. The predicted molar refractivity (Wildman–Crippen MR) is 104 cm³/mol. The number of benzene rings is 1. The lowest BCUT2D eigenvalue weighted by Gasteiger charge is -2.30. The summed E-state index contributed by atoms with van der Waals surface area (Å²) in [6, 6.07) is 7.89. The van der Waals surface area contributed by atoms with Gasteiger partial charge in [0.25, 0.3) is 0 Å². The molecule has 1 aliphatic heterocycles. The smallest absolute Gasteiger partial charge is 0.191 e. The summed E-state index contributed by atoms with van der Waals surface area (Å²) in [5, 5.41) is 7.48.